The van der Waals surface area contributed by atoms with Gasteiger partial charge in [-0.3, -0.25) is 9.69 Å². The summed E-state index contributed by atoms with van der Waals surface area (Å²) in [5, 5.41) is 2.79. The Hall–Kier alpha value is -1.79. The van der Waals surface area contributed by atoms with Gasteiger partial charge in [0.1, 0.15) is 5.75 Å². The molecule has 0 unspecified atom stereocenters. The third-order valence-electron chi connectivity index (χ3n) is 2.87. The van der Waals surface area contributed by atoms with Gasteiger partial charge in [-0.15, -0.1) is 0 Å². The van der Waals surface area contributed by atoms with Crippen LogP contribution in [0.25, 0.3) is 0 Å². The smallest absolute Gasteiger partial charge is 0.234 e. The molecule has 0 aliphatic rings. The molecule has 0 atom stereocenters. The molecule has 1 amide bonds. The standard InChI is InChI=1S/C15H25N3O3/c1-18(12-15(19)17-8-11-20-2)9-3-10-21-14-6-4-13(16)5-7-14/h4-7H,3,8-12,16H2,1-2H3,(H,17,19). The Morgan fingerprint density at radius 3 is 2.67 bits per heavy atom. The minimum atomic E-state index is 0.00834. The number of rotatable bonds is 10. The van der Waals surface area contributed by atoms with Gasteiger partial charge in [-0.25, -0.2) is 0 Å². The van der Waals surface area contributed by atoms with Gasteiger partial charge in [-0.1, -0.05) is 0 Å². The number of carbonyl (C=O) groups excluding carboxylic acids is 1. The van der Waals surface area contributed by atoms with Crippen LogP contribution in [-0.2, 0) is 9.53 Å². The Labute approximate surface area is 126 Å². The number of nitrogen functional groups attached to an aromatic ring is 1. The van der Waals surface area contributed by atoms with Crippen molar-refractivity contribution >= 4 is 11.6 Å². The molecular formula is C15H25N3O3. The number of nitrogens with one attached hydrogen (secondary N) is 1. The number of ether oxygens (including phenoxy) is 2. The summed E-state index contributed by atoms with van der Waals surface area (Å²) in [5.74, 6) is 0.818. The molecule has 1 aromatic rings. The highest BCUT2D eigenvalue weighted by molar-refractivity contribution is 5.77. The van der Waals surface area contributed by atoms with E-state index in [4.69, 9.17) is 15.2 Å². The molecule has 0 fully saturated rings. The zero-order chi connectivity index (χ0) is 15.5. The Bertz CT molecular complexity index is 409. The van der Waals surface area contributed by atoms with Crippen LogP contribution < -0.4 is 15.8 Å². The van der Waals surface area contributed by atoms with Crippen molar-refractivity contribution in [3.05, 3.63) is 24.3 Å². The molecule has 0 saturated heterocycles. The molecule has 0 spiro atoms. The molecule has 1 aromatic carbocycles. The van der Waals surface area contributed by atoms with Gasteiger partial charge in [0, 0.05) is 25.9 Å². The van der Waals surface area contributed by atoms with Crippen molar-refractivity contribution in [1.82, 2.24) is 10.2 Å². The third kappa shape index (κ3) is 8.16. The molecule has 0 bridgehead atoms. The van der Waals surface area contributed by atoms with Gasteiger partial charge < -0.3 is 20.5 Å². The Morgan fingerprint density at radius 2 is 2.00 bits per heavy atom. The maximum atomic E-state index is 11.6. The van der Waals surface area contributed by atoms with E-state index in [1.807, 2.05) is 36.2 Å². The first-order chi connectivity index (χ1) is 10.1. The predicted octanol–water partition coefficient (Wildman–Crippen LogP) is 0.732. The van der Waals surface area contributed by atoms with E-state index in [2.05, 4.69) is 5.32 Å². The van der Waals surface area contributed by atoms with E-state index in [9.17, 15) is 4.79 Å². The summed E-state index contributed by atoms with van der Waals surface area (Å²) in [6, 6.07) is 7.32. The Kier molecular flexibility index (Phi) is 8.23. The van der Waals surface area contributed by atoms with Crippen LogP contribution in [0.4, 0.5) is 5.69 Å². The molecule has 0 saturated carbocycles. The van der Waals surface area contributed by atoms with E-state index in [0.29, 0.717) is 26.3 Å². The lowest BCUT2D eigenvalue weighted by atomic mass is 10.3. The number of hydrogen-bond acceptors (Lipinski definition) is 5. The Morgan fingerprint density at radius 1 is 1.29 bits per heavy atom. The number of amides is 1. The van der Waals surface area contributed by atoms with Crippen molar-refractivity contribution in [3.8, 4) is 5.75 Å². The van der Waals surface area contributed by atoms with Crippen molar-refractivity contribution in [3.63, 3.8) is 0 Å². The topological polar surface area (TPSA) is 76.8 Å². The molecule has 0 aliphatic heterocycles. The molecule has 118 valence electrons. The SMILES string of the molecule is COCCNC(=O)CN(C)CCCOc1ccc(N)cc1. The number of methoxy groups -OCH3 is 1. The number of anilines is 1. The maximum Gasteiger partial charge on any atom is 0.234 e. The second-order valence-corrected chi connectivity index (χ2v) is 4.85. The fraction of sp³-hybridized carbons (Fsp3) is 0.533. The summed E-state index contributed by atoms with van der Waals surface area (Å²) in [5.41, 5.74) is 6.33. The first kappa shape index (κ1) is 17.3. The zero-order valence-electron chi connectivity index (χ0n) is 12.8. The average molecular weight is 295 g/mol. The number of likely N-dealkylation sites (N-methyl/N-ethyl adjacent to an activating group) is 1. The second kappa shape index (κ2) is 10.0. The lowest BCUT2D eigenvalue weighted by Gasteiger charge is -2.16. The molecule has 0 heterocycles. The Balaban J connectivity index is 2.08. The van der Waals surface area contributed by atoms with Crippen molar-refractivity contribution < 1.29 is 14.3 Å². The van der Waals surface area contributed by atoms with Crippen molar-refractivity contribution in [2.45, 2.75) is 6.42 Å². The molecule has 3 N–H and O–H groups in total. The van der Waals surface area contributed by atoms with Crippen LogP contribution in [0.2, 0.25) is 0 Å². The van der Waals surface area contributed by atoms with Crippen LogP contribution in [0.15, 0.2) is 24.3 Å². The molecule has 0 aromatic heterocycles. The average Bonchev–Trinajstić information content (AvgIpc) is 2.46. The molecule has 1 rings (SSSR count). The van der Waals surface area contributed by atoms with Gasteiger partial charge in [-0.05, 0) is 37.7 Å². The number of carbonyl (C=O) groups is 1. The van der Waals surface area contributed by atoms with Gasteiger partial charge >= 0.3 is 0 Å². The molecule has 21 heavy (non-hydrogen) atoms. The van der Waals surface area contributed by atoms with Crippen LogP contribution in [0.5, 0.6) is 5.75 Å². The molecular weight excluding hydrogens is 270 g/mol. The summed E-state index contributed by atoms with van der Waals surface area (Å²) in [6.07, 6.45) is 0.853. The molecule has 6 heteroatoms. The summed E-state index contributed by atoms with van der Waals surface area (Å²) in [4.78, 5) is 13.5. The van der Waals surface area contributed by atoms with E-state index >= 15 is 0 Å². The second-order valence-electron chi connectivity index (χ2n) is 4.85. The van der Waals surface area contributed by atoms with E-state index in [-0.39, 0.29) is 5.91 Å². The molecule has 6 nitrogen and oxygen atoms in total. The summed E-state index contributed by atoms with van der Waals surface area (Å²) >= 11 is 0. The van der Waals surface area contributed by atoms with Gasteiger partial charge in [0.15, 0.2) is 0 Å². The minimum Gasteiger partial charge on any atom is -0.494 e. The van der Waals surface area contributed by atoms with Gasteiger partial charge in [0.2, 0.25) is 5.91 Å². The van der Waals surface area contributed by atoms with Crippen molar-refractivity contribution in [2.24, 2.45) is 0 Å². The highest BCUT2D eigenvalue weighted by Gasteiger charge is 2.05. The highest BCUT2D eigenvalue weighted by atomic mass is 16.5. The first-order valence-corrected chi connectivity index (χ1v) is 7.04. The third-order valence-corrected chi connectivity index (χ3v) is 2.87. The van der Waals surface area contributed by atoms with Crippen LogP contribution in [-0.4, -0.2) is 57.8 Å². The monoisotopic (exact) mass is 295 g/mol. The zero-order valence-corrected chi connectivity index (χ0v) is 12.8. The van der Waals surface area contributed by atoms with Crippen LogP contribution >= 0.6 is 0 Å². The van der Waals surface area contributed by atoms with E-state index < -0.39 is 0 Å². The minimum absolute atomic E-state index is 0.00834. The van der Waals surface area contributed by atoms with Crippen LogP contribution in [0.3, 0.4) is 0 Å². The quantitative estimate of drug-likeness (QED) is 0.491. The van der Waals surface area contributed by atoms with E-state index in [1.165, 1.54) is 0 Å². The van der Waals surface area contributed by atoms with Crippen LogP contribution in [0.1, 0.15) is 6.42 Å². The number of nitrogens with two attached hydrogens (primary N) is 1. The number of nitrogens with zero attached hydrogens (tertiary/aromatic N) is 1. The summed E-state index contributed by atoms with van der Waals surface area (Å²) < 4.78 is 10.5. The van der Waals surface area contributed by atoms with Gasteiger partial charge in [0.05, 0.1) is 19.8 Å². The van der Waals surface area contributed by atoms with Gasteiger partial charge in [0.25, 0.3) is 0 Å². The fourth-order valence-electron chi connectivity index (χ4n) is 1.76. The normalized spacial score (nSPS) is 10.6. The number of hydrogen-bond donors (Lipinski definition) is 2. The lowest BCUT2D eigenvalue weighted by Crippen LogP contribution is -2.37. The summed E-state index contributed by atoms with van der Waals surface area (Å²) in [6.45, 7) is 2.87. The fourth-order valence-corrected chi connectivity index (χ4v) is 1.76. The van der Waals surface area contributed by atoms with Crippen LogP contribution in [0, 0.1) is 0 Å². The number of benzene rings is 1. The first-order valence-electron chi connectivity index (χ1n) is 7.04. The van der Waals surface area contributed by atoms with Crippen molar-refractivity contribution in [2.75, 3.05) is 52.7 Å². The van der Waals surface area contributed by atoms with Gasteiger partial charge in [-0.2, -0.15) is 0 Å². The van der Waals surface area contributed by atoms with E-state index in [1.54, 1.807) is 7.11 Å². The molecule has 0 radical (unpaired) electrons. The molecule has 0 aliphatic carbocycles. The lowest BCUT2D eigenvalue weighted by molar-refractivity contribution is -0.122. The van der Waals surface area contributed by atoms with E-state index in [0.717, 1.165) is 24.4 Å². The maximum absolute atomic E-state index is 11.6. The predicted molar refractivity (Wildman–Crippen MR) is 83.3 cm³/mol. The highest BCUT2D eigenvalue weighted by Crippen LogP contribution is 2.13. The summed E-state index contributed by atoms with van der Waals surface area (Å²) in [7, 11) is 3.53. The van der Waals surface area contributed by atoms with Crippen molar-refractivity contribution in [1.29, 1.82) is 0 Å². The largest absolute Gasteiger partial charge is 0.494 e.